The fourth-order valence-electron chi connectivity index (χ4n) is 3.32. The molecule has 0 bridgehead atoms. The Kier molecular flexibility index (Phi) is 5.93. The smallest absolute Gasteiger partial charge is 0.311 e. The Labute approximate surface area is 189 Å². The van der Waals surface area contributed by atoms with Crippen molar-refractivity contribution in [1.82, 2.24) is 5.32 Å². The normalized spacial score (nSPS) is 15.6. The molecule has 1 heterocycles. The number of amides is 3. The van der Waals surface area contributed by atoms with Crippen LogP contribution in [0.25, 0.3) is 0 Å². The Hall–Kier alpha value is -3.35. The first-order valence-electron chi connectivity index (χ1n) is 9.46. The lowest BCUT2D eigenvalue weighted by Gasteiger charge is -2.21. The molecule has 1 unspecified atom stereocenters. The van der Waals surface area contributed by atoms with E-state index in [1.807, 2.05) is 30.3 Å². The van der Waals surface area contributed by atoms with Crippen molar-refractivity contribution in [2.45, 2.75) is 6.17 Å². The maximum Gasteiger partial charge on any atom is 0.321 e. The zero-order valence-corrected chi connectivity index (χ0v) is 18.0. The van der Waals surface area contributed by atoms with Gasteiger partial charge in [0.2, 0.25) is 6.17 Å². The van der Waals surface area contributed by atoms with Crippen molar-refractivity contribution in [1.29, 1.82) is 0 Å². The summed E-state index contributed by atoms with van der Waals surface area (Å²) in [5.41, 5.74) is 3.22. The summed E-state index contributed by atoms with van der Waals surface area (Å²) < 4.78 is 0. The van der Waals surface area contributed by atoms with Gasteiger partial charge in [0.25, 0.3) is 5.91 Å². The van der Waals surface area contributed by atoms with Gasteiger partial charge in [-0.05, 0) is 36.4 Å². The lowest BCUT2D eigenvalue weighted by Crippen LogP contribution is -2.47. The molecule has 3 aromatic carbocycles. The van der Waals surface area contributed by atoms with E-state index in [4.69, 9.17) is 23.2 Å². The number of anilines is 2. The van der Waals surface area contributed by atoms with Crippen LogP contribution in [0.15, 0.2) is 77.8 Å². The van der Waals surface area contributed by atoms with Gasteiger partial charge < -0.3 is 15.5 Å². The molecule has 0 radical (unpaired) electrons. The number of rotatable bonds is 3. The van der Waals surface area contributed by atoms with Crippen LogP contribution in [0, 0.1) is 0 Å². The number of nitrogens with one attached hydrogen (secondary N) is 2. The number of likely N-dealkylation sites (N-methyl/N-ethyl adjacent to an activating group) is 1. The van der Waals surface area contributed by atoms with Crippen LogP contribution in [0.5, 0.6) is 0 Å². The molecule has 156 valence electrons. The van der Waals surface area contributed by atoms with E-state index in [1.165, 1.54) is 4.90 Å². The summed E-state index contributed by atoms with van der Waals surface area (Å²) in [7, 11) is 1.64. The topological polar surface area (TPSA) is 73.8 Å². The van der Waals surface area contributed by atoms with Crippen LogP contribution in [-0.2, 0) is 4.79 Å². The molecule has 0 aromatic heterocycles. The van der Waals surface area contributed by atoms with Crippen molar-refractivity contribution in [2.75, 3.05) is 17.3 Å². The number of hydrogen-bond acceptors (Lipinski definition) is 3. The number of benzene rings is 3. The van der Waals surface area contributed by atoms with Gasteiger partial charge in [0.15, 0.2) is 0 Å². The molecular weight excluding hydrogens is 435 g/mol. The molecule has 2 N–H and O–H groups in total. The first-order valence-corrected chi connectivity index (χ1v) is 10.2. The highest BCUT2D eigenvalue weighted by molar-refractivity contribution is 6.32. The van der Waals surface area contributed by atoms with Crippen LogP contribution in [0.2, 0.25) is 10.0 Å². The summed E-state index contributed by atoms with van der Waals surface area (Å²) in [5, 5.41) is 6.33. The van der Waals surface area contributed by atoms with E-state index in [0.29, 0.717) is 32.7 Å². The fraction of sp³-hybridized carbons (Fsp3) is 0.0870. The van der Waals surface area contributed by atoms with E-state index in [2.05, 4.69) is 15.6 Å². The lowest BCUT2D eigenvalue weighted by molar-refractivity contribution is -0.119. The number of carbonyl (C=O) groups excluding carboxylic acids is 2. The molecule has 1 aliphatic rings. The highest BCUT2D eigenvalue weighted by Gasteiger charge is 2.31. The molecule has 0 spiro atoms. The summed E-state index contributed by atoms with van der Waals surface area (Å²) in [5.74, 6) is -0.379. The van der Waals surface area contributed by atoms with Gasteiger partial charge in [-0.25, -0.2) is 9.79 Å². The molecule has 3 amide bonds. The van der Waals surface area contributed by atoms with E-state index >= 15 is 0 Å². The minimum atomic E-state index is -1.13. The third-order valence-corrected chi connectivity index (χ3v) is 5.27. The molecule has 0 saturated carbocycles. The van der Waals surface area contributed by atoms with Crippen LogP contribution in [-0.4, -0.2) is 30.9 Å². The van der Waals surface area contributed by atoms with Crippen LogP contribution in [0.4, 0.5) is 16.2 Å². The van der Waals surface area contributed by atoms with E-state index in [9.17, 15) is 9.59 Å². The van der Waals surface area contributed by atoms with Gasteiger partial charge in [0.1, 0.15) is 0 Å². The van der Waals surface area contributed by atoms with Gasteiger partial charge in [0.05, 0.1) is 11.4 Å². The predicted molar refractivity (Wildman–Crippen MR) is 124 cm³/mol. The van der Waals surface area contributed by atoms with Crippen molar-refractivity contribution in [3.05, 3.63) is 94.0 Å². The van der Waals surface area contributed by atoms with Crippen LogP contribution < -0.4 is 15.5 Å². The molecule has 0 aliphatic carbocycles. The Morgan fingerprint density at radius 3 is 2.45 bits per heavy atom. The number of hydrogen-bond donors (Lipinski definition) is 2. The molecule has 1 atom stereocenters. The Morgan fingerprint density at radius 1 is 0.968 bits per heavy atom. The maximum absolute atomic E-state index is 13.1. The molecule has 0 saturated heterocycles. The number of aliphatic imine (C=N–C) groups is 1. The minimum absolute atomic E-state index is 0.379. The van der Waals surface area contributed by atoms with E-state index in [-0.39, 0.29) is 5.91 Å². The van der Waals surface area contributed by atoms with Crippen LogP contribution in [0.1, 0.15) is 11.1 Å². The molecule has 0 fully saturated rings. The average Bonchev–Trinajstić information content (AvgIpc) is 2.85. The highest BCUT2D eigenvalue weighted by Crippen LogP contribution is 2.30. The molecule has 1 aliphatic heterocycles. The zero-order chi connectivity index (χ0) is 22.0. The number of benzodiazepines with no additional fused rings is 1. The van der Waals surface area contributed by atoms with Crippen molar-refractivity contribution in [3.63, 3.8) is 0 Å². The van der Waals surface area contributed by atoms with E-state index < -0.39 is 12.2 Å². The molecule has 6 nitrogen and oxygen atoms in total. The summed E-state index contributed by atoms with van der Waals surface area (Å²) in [6.45, 7) is 0. The molecule has 8 heteroatoms. The van der Waals surface area contributed by atoms with E-state index in [0.717, 1.165) is 5.56 Å². The monoisotopic (exact) mass is 452 g/mol. The first-order chi connectivity index (χ1) is 14.9. The number of carbonyl (C=O) groups is 2. The zero-order valence-electron chi connectivity index (χ0n) is 16.5. The summed E-state index contributed by atoms with van der Waals surface area (Å²) >= 11 is 12.2. The van der Waals surface area contributed by atoms with Gasteiger partial charge in [-0.1, -0.05) is 59.6 Å². The molecule has 4 rings (SSSR count). The van der Waals surface area contributed by atoms with Crippen molar-refractivity contribution in [2.24, 2.45) is 4.99 Å². The second-order valence-electron chi connectivity index (χ2n) is 6.91. The second kappa shape index (κ2) is 8.79. The summed E-state index contributed by atoms with van der Waals surface area (Å²) in [6, 6.07) is 20.8. The Morgan fingerprint density at radius 2 is 1.71 bits per heavy atom. The lowest BCUT2D eigenvalue weighted by atomic mass is 10.0. The van der Waals surface area contributed by atoms with Gasteiger partial charge in [-0.15, -0.1) is 0 Å². The van der Waals surface area contributed by atoms with Gasteiger partial charge >= 0.3 is 6.03 Å². The number of urea groups is 1. The minimum Gasteiger partial charge on any atom is -0.311 e. The Balaban J connectivity index is 1.71. The van der Waals surface area contributed by atoms with Gasteiger partial charge in [-0.3, -0.25) is 4.79 Å². The fourth-order valence-corrected chi connectivity index (χ4v) is 3.69. The average molecular weight is 453 g/mol. The van der Waals surface area contributed by atoms with Crippen molar-refractivity contribution in [3.8, 4) is 0 Å². The number of nitrogens with zero attached hydrogens (tertiary/aromatic N) is 2. The quantitative estimate of drug-likeness (QED) is 0.589. The first kappa shape index (κ1) is 20.9. The molecule has 3 aromatic rings. The van der Waals surface area contributed by atoms with Crippen molar-refractivity contribution < 1.29 is 9.59 Å². The largest absolute Gasteiger partial charge is 0.321 e. The predicted octanol–water partition coefficient (Wildman–Crippen LogP) is 4.96. The standard InChI is InChI=1S/C23H18Cl2N4O2/c1-29-19-11-10-16(25)13-18(19)20(14-6-3-2-4-7-14)27-21(22(29)30)28-23(31)26-17-9-5-8-15(24)12-17/h2-13,21H,1H3,(H2,26,28,31). The van der Waals surface area contributed by atoms with Gasteiger partial charge in [-0.2, -0.15) is 0 Å². The SMILES string of the molecule is CN1C(=O)C(NC(=O)Nc2cccc(Cl)c2)N=C(c2ccccc2)c2cc(Cl)ccc21. The van der Waals surface area contributed by atoms with Crippen LogP contribution >= 0.6 is 23.2 Å². The molecular formula is C23H18Cl2N4O2. The van der Waals surface area contributed by atoms with Crippen molar-refractivity contribution >= 4 is 52.2 Å². The number of halogens is 2. The Bertz CT molecular complexity index is 1180. The maximum atomic E-state index is 13.1. The third-order valence-electron chi connectivity index (χ3n) is 4.80. The second-order valence-corrected chi connectivity index (χ2v) is 7.79. The van der Waals surface area contributed by atoms with Crippen LogP contribution in [0.3, 0.4) is 0 Å². The molecule has 31 heavy (non-hydrogen) atoms. The van der Waals surface area contributed by atoms with E-state index in [1.54, 1.807) is 49.5 Å². The highest BCUT2D eigenvalue weighted by atomic mass is 35.5. The number of fused-ring (bicyclic) bond motifs is 1. The summed E-state index contributed by atoms with van der Waals surface area (Å²) in [4.78, 5) is 31.8. The van der Waals surface area contributed by atoms with Gasteiger partial charge in [0, 0.05) is 33.9 Å². The third kappa shape index (κ3) is 4.55. The summed E-state index contributed by atoms with van der Waals surface area (Å²) in [6.07, 6.45) is -1.13.